The molecule has 0 aromatic heterocycles. The fourth-order valence-corrected chi connectivity index (χ4v) is 6.16. The molecule has 2 aromatic rings. The monoisotopic (exact) mass is 269 g/mol. The Kier molecular flexibility index (Phi) is 2.86. The first-order chi connectivity index (χ1) is 9.13. The molecule has 1 aliphatic rings. The lowest BCUT2D eigenvalue weighted by atomic mass is 10.2. The van der Waals surface area contributed by atoms with Crippen molar-refractivity contribution in [3.63, 3.8) is 0 Å². The molecule has 0 bridgehead atoms. The fourth-order valence-electron chi connectivity index (χ4n) is 2.95. The van der Waals surface area contributed by atoms with Crippen molar-refractivity contribution in [3.8, 4) is 5.75 Å². The Labute approximate surface area is 115 Å². The standard InChI is InChI=1S/C16H19NOSi/c1-18-13-9-10-14-15(11-13)19(2,3)16(17-14)12-7-5-4-6-8-12/h4-11,16-17H,1-3H3. The van der Waals surface area contributed by atoms with Gasteiger partial charge in [0.05, 0.1) is 7.11 Å². The average Bonchev–Trinajstić information content (AvgIpc) is 2.71. The van der Waals surface area contributed by atoms with Crippen molar-refractivity contribution in [3.05, 3.63) is 54.1 Å². The van der Waals surface area contributed by atoms with E-state index >= 15 is 0 Å². The van der Waals surface area contributed by atoms with Crippen LogP contribution in [0.3, 0.4) is 0 Å². The number of fused-ring (bicyclic) bond motifs is 1. The number of anilines is 1. The van der Waals surface area contributed by atoms with Crippen molar-refractivity contribution in [2.75, 3.05) is 12.4 Å². The van der Waals surface area contributed by atoms with Gasteiger partial charge in [-0.15, -0.1) is 0 Å². The largest absolute Gasteiger partial charge is 0.497 e. The Morgan fingerprint density at radius 3 is 2.47 bits per heavy atom. The summed E-state index contributed by atoms with van der Waals surface area (Å²) in [4.78, 5) is 0. The van der Waals surface area contributed by atoms with E-state index in [1.54, 1.807) is 7.11 Å². The topological polar surface area (TPSA) is 21.3 Å². The predicted octanol–water partition coefficient (Wildman–Crippen LogP) is 3.32. The van der Waals surface area contributed by atoms with Gasteiger partial charge in [0.1, 0.15) is 13.8 Å². The molecule has 98 valence electrons. The van der Waals surface area contributed by atoms with Crippen LogP contribution in [-0.4, -0.2) is 15.2 Å². The molecule has 0 amide bonds. The molecule has 1 atom stereocenters. The van der Waals surface area contributed by atoms with Gasteiger partial charge in [-0.25, -0.2) is 0 Å². The Hall–Kier alpha value is -1.74. The maximum absolute atomic E-state index is 5.37. The zero-order chi connectivity index (χ0) is 13.5. The van der Waals surface area contributed by atoms with Crippen LogP contribution in [0.2, 0.25) is 13.1 Å². The molecule has 0 saturated carbocycles. The van der Waals surface area contributed by atoms with Gasteiger partial charge in [0.15, 0.2) is 0 Å². The second kappa shape index (κ2) is 4.42. The van der Waals surface area contributed by atoms with E-state index in [9.17, 15) is 0 Å². The lowest BCUT2D eigenvalue weighted by molar-refractivity contribution is 0.415. The summed E-state index contributed by atoms with van der Waals surface area (Å²) in [5.74, 6) is 0.954. The van der Waals surface area contributed by atoms with Crippen LogP contribution in [0.25, 0.3) is 0 Å². The van der Waals surface area contributed by atoms with E-state index in [-0.39, 0.29) is 0 Å². The summed E-state index contributed by atoms with van der Waals surface area (Å²) in [6.45, 7) is 4.84. The maximum Gasteiger partial charge on any atom is 0.118 e. The van der Waals surface area contributed by atoms with E-state index in [1.807, 2.05) is 6.07 Å². The SMILES string of the molecule is COc1ccc2c(c1)[Si](C)(C)C(c1ccccc1)N2. The minimum atomic E-state index is -1.57. The number of hydrogen-bond donors (Lipinski definition) is 1. The minimum absolute atomic E-state index is 0.441. The van der Waals surface area contributed by atoms with Crippen LogP contribution < -0.4 is 15.2 Å². The highest BCUT2D eigenvalue weighted by Crippen LogP contribution is 2.36. The van der Waals surface area contributed by atoms with Gasteiger partial charge in [-0.2, -0.15) is 0 Å². The number of benzene rings is 2. The van der Waals surface area contributed by atoms with E-state index in [1.165, 1.54) is 16.4 Å². The van der Waals surface area contributed by atoms with Crippen molar-refractivity contribution in [1.29, 1.82) is 0 Å². The summed E-state index contributed by atoms with van der Waals surface area (Å²) in [7, 11) is 0.160. The van der Waals surface area contributed by atoms with E-state index in [0.29, 0.717) is 5.67 Å². The van der Waals surface area contributed by atoms with Crippen molar-refractivity contribution < 1.29 is 4.74 Å². The number of hydrogen-bond acceptors (Lipinski definition) is 2. The van der Waals surface area contributed by atoms with Crippen LogP contribution in [0, 0.1) is 0 Å². The smallest absolute Gasteiger partial charge is 0.118 e. The molecule has 2 aromatic carbocycles. The second-order valence-corrected chi connectivity index (χ2v) is 10.2. The van der Waals surface area contributed by atoms with Crippen molar-refractivity contribution >= 4 is 18.9 Å². The molecule has 3 rings (SSSR count). The average molecular weight is 269 g/mol. The molecular formula is C16H19NOSi. The van der Waals surface area contributed by atoms with Gasteiger partial charge in [0.2, 0.25) is 0 Å². The van der Waals surface area contributed by atoms with E-state index in [2.05, 4.69) is 60.9 Å². The van der Waals surface area contributed by atoms with Gasteiger partial charge in [-0.3, -0.25) is 0 Å². The highest BCUT2D eigenvalue weighted by atomic mass is 28.3. The third kappa shape index (κ3) is 1.94. The summed E-state index contributed by atoms with van der Waals surface area (Å²) in [5.41, 5.74) is 3.09. The van der Waals surface area contributed by atoms with E-state index < -0.39 is 8.07 Å². The summed E-state index contributed by atoms with van der Waals surface area (Å²) in [6, 6.07) is 17.1. The van der Waals surface area contributed by atoms with Crippen molar-refractivity contribution in [2.45, 2.75) is 18.8 Å². The van der Waals surface area contributed by atoms with Crippen LogP contribution >= 0.6 is 0 Å². The zero-order valence-electron chi connectivity index (χ0n) is 11.6. The first-order valence-electron chi connectivity index (χ1n) is 6.63. The molecule has 1 aliphatic heterocycles. The lowest BCUT2D eigenvalue weighted by Crippen LogP contribution is -2.43. The molecular weight excluding hydrogens is 250 g/mol. The molecule has 1 unspecified atom stereocenters. The number of nitrogens with one attached hydrogen (secondary N) is 1. The lowest BCUT2D eigenvalue weighted by Gasteiger charge is -2.26. The van der Waals surface area contributed by atoms with Crippen LogP contribution in [0.5, 0.6) is 5.75 Å². The van der Waals surface area contributed by atoms with Gasteiger partial charge in [0, 0.05) is 11.4 Å². The Bertz CT molecular complexity index is 595. The third-order valence-electron chi connectivity index (χ3n) is 4.08. The summed E-state index contributed by atoms with van der Waals surface area (Å²) < 4.78 is 5.37. The number of rotatable bonds is 2. The van der Waals surface area contributed by atoms with Gasteiger partial charge in [0.25, 0.3) is 0 Å². The summed E-state index contributed by atoms with van der Waals surface area (Å²) in [5, 5.41) is 5.16. The van der Waals surface area contributed by atoms with Gasteiger partial charge >= 0.3 is 0 Å². The minimum Gasteiger partial charge on any atom is -0.497 e. The summed E-state index contributed by atoms with van der Waals surface area (Å²) >= 11 is 0. The van der Waals surface area contributed by atoms with Crippen LogP contribution in [-0.2, 0) is 0 Å². The van der Waals surface area contributed by atoms with Gasteiger partial charge < -0.3 is 10.1 Å². The van der Waals surface area contributed by atoms with E-state index in [4.69, 9.17) is 4.74 Å². The fraction of sp³-hybridized carbons (Fsp3) is 0.250. The Balaban J connectivity index is 2.05. The van der Waals surface area contributed by atoms with Crippen LogP contribution in [0.4, 0.5) is 5.69 Å². The van der Waals surface area contributed by atoms with Crippen LogP contribution in [0.1, 0.15) is 11.2 Å². The van der Waals surface area contributed by atoms with Crippen LogP contribution in [0.15, 0.2) is 48.5 Å². The Morgan fingerprint density at radius 2 is 1.79 bits per heavy atom. The molecule has 0 aliphatic carbocycles. The molecule has 1 heterocycles. The molecule has 2 nitrogen and oxygen atoms in total. The predicted molar refractivity (Wildman–Crippen MR) is 82.9 cm³/mol. The molecule has 3 heteroatoms. The van der Waals surface area contributed by atoms with Gasteiger partial charge in [-0.05, 0) is 28.9 Å². The zero-order valence-corrected chi connectivity index (χ0v) is 12.6. The molecule has 0 radical (unpaired) electrons. The maximum atomic E-state index is 5.37. The first-order valence-corrected chi connectivity index (χ1v) is 9.70. The highest BCUT2D eigenvalue weighted by molar-refractivity contribution is 6.93. The third-order valence-corrected chi connectivity index (χ3v) is 7.80. The molecule has 1 N–H and O–H groups in total. The van der Waals surface area contributed by atoms with E-state index in [0.717, 1.165) is 5.75 Å². The highest BCUT2D eigenvalue weighted by Gasteiger charge is 2.42. The second-order valence-electron chi connectivity index (χ2n) is 5.62. The van der Waals surface area contributed by atoms with Crippen molar-refractivity contribution in [1.82, 2.24) is 0 Å². The summed E-state index contributed by atoms with van der Waals surface area (Å²) in [6.07, 6.45) is 0. The number of methoxy groups -OCH3 is 1. The van der Waals surface area contributed by atoms with Crippen molar-refractivity contribution in [2.24, 2.45) is 0 Å². The first kappa shape index (κ1) is 12.3. The Morgan fingerprint density at radius 1 is 1.05 bits per heavy atom. The molecule has 0 saturated heterocycles. The molecule has 0 fully saturated rings. The normalized spacial score (nSPS) is 19.6. The molecule has 19 heavy (non-hydrogen) atoms. The quantitative estimate of drug-likeness (QED) is 0.845. The number of ether oxygens (including phenoxy) is 1. The molecule has 0 spiro atoms. The van der Waals surface area contributed by atoms with Gasteiger partial charge in [-0.1, -0.05) is 43.4 Å².